The van der Waals surface area contributed by atoms with Crippen LogP contribution in [-0.2, 0) is 24.2 Å². The van der Waals surface area contributed by atoms with Crippen molar-refractivity contribution in [1.82, 2.24) is 9.78 Å². The predicted molar refractivity (Wildman–Crippen MR) is 113 cm³/mol. The first-order chi connectivity index (χ1) is 14.7. The van der Waals surface area contributed by atoms with Crippen molar-refractivity contribution in [3.63, 3.8) is 0 Å². The van der Waals surface area contributed by atoms with Crippen LogP contribution in [0.4, 0.5) is 5.82 Å². The number of hydrogen-bond donors (Lipinski definition) is 1. The van der Waals surface area contributed by atoms with Crippen molar-refractivity contribution in [3.8, 4) is 17.2 Å². The molecule has 30 heavy (non-hydrogen) atoms. The summed E-state index contributed by atoms with van der Waals surface area (Å²) in [5, 5.41) is 7.18. The van der Waals surface area contributed by atoms with E-state index in [1.807, 2.05) is 30.3 Å². The number of fused-ring (bicyclic) bond motifs is 1. The third-order valence-corrected chi connectivity index (χ3v) is 5.23. The molecule has 2 aromatic carbocycles. The summed E-state index contributed by atoms with van der Waals surface area (Å²) in [6, 6.07) is 13.5. The zero-order chi connectivity index (χ0) is 20.9. The summed E-state index contributed by atoms with van der Waals surface area (Å²) in [5.41, 5.74) is 3.59. The predicted octanol–water partition coefficient (Wildman–Crippen LogP) is 3.45. The summed E-state index contributed by atoms with van der Waals surface area (Å²) in [5.74, 6) is 2.36. The molecule has 1 aromatic heterocycles. The molecule has 0 atom stereocenters. The minimum absolute atomic E-state index is 0.0630. The molecule has 0 spiro atoms. The normalized spacial score (nSPS) is 12.3. The minimum Gasteiger partial charge on any atom is -0.493 e. The van der Waals surface area contributed by atoms with Crippen molar-refractivity contribution in [2.45, 2.75) is 25.8 Å². The van der Waals surface area contributed by atoms with E-state index >= 15 is 0 Å². The largest absolute Gasteiger partial charge is 0.493 e. The van der Waals surface area contributed by atoms with E-state index in [1.54, 1.807) is 31.2 Å². The molecule has 0 aliphatic heterocycles. The SMILES string of the molecule is COc1cccc(Cn2nccc2NC(=O)COc2ccc3c(c2)CCC3)c1OC. The van der Waals surface area contributed by atoms with Gasteiger partial charge in [0, 0.05) is 11.6 Å². The number of aromatic nitrogens is 2. The van der Waals surface area contributed by atoms with Crippen molar-refractivity contribution in [2.24, 2.45) is 0 Å². The lowest BCUT2D eigenvalue weighted by Crippen LogP contribution is -2.22. The van der Waals surface area contributed by atoms with Crippen molar-refractivity contribution in [1.29, 1.82) is 0 Å². The van der Waals surface area contributed by atoms with Gasteiger partial charge in [-0.15, -0.1) is 0 Å². The molecule has 1 aliphatic carbocycles. The number of carbonyl (C=O) groups excluding carboxylic acids is 1. The second-order valence-corrected chi connectivity index (χ2v) is 7.15. The smallest absolute Gasteiger partial charge is 0.263 e. The molecule has 1 amide bonds. The second-order valence-electron chi connectivity index (χ2n) is 7.15. The highest BCUT2D eigenvalue weighted by atomic mass is 16.5. The molecule has 0 saturated carbocycles. The van der Waals surface area contributed by atoms with Crippen molar-refractivity contribution < 1.29 is 19.0 Å². The van der Waals surface area contributed by atoms with Crippen LogP contribution in [0.25, 0.3) is 0 Å². The van der Waals surface area contributed by atoms with Gasteiger partial charge < -0.3 is 19.5 Å². The Hall–Kier alpha value is -3.48. The van der Waals surface area contributed by atoms with Gasteiger partial charge in [-0.25, -0.2) is 4.68 Å². The molecule has 156 valence electrons. The molecule has 0 bridgehead atoms. The zero-order valence-electron chi connectivity index (χ0n) is 17.2. The van der Waals surface area contributed by atoms with Crippen molar-refractivity contribution in [3.05, 3.63) is 65.4 Å². The number of aryl methyl sites for hydroxylation is 2. The van der Waals surface area contributed by atoms with E-state index in [1.165, 1.54) is 17.5 Å². The van der Waals surface area contributed by atoms with Gasteiger partial charge in [-0.1, -0.05) is 18.2 Å². The number of para-hydroxylation sites is 1. The lowest BCUT2D eigenvalue weighted by molar-refractivity contribution is -0.118. The number of nitrogens with zero attached hydrogens (tertiary/aromatic N) is 2. The van der Waals surface area contributed by atoms with Gasteiger partial charge in [0.15, 0.2) is 18.1 Å². The van der Waals surface area contributed by atoms with Gasteiger partial charge in [-0.2, -0.15) is 5.10 Å². The van der Waals surface area contributed by atoms with E-state index in [-0.39, 0.29) is 12.5 Å². The summed E-state index contributed by atoms with van der Waals surface area (Å²) in [4.78, 5) is 12.4. The molecule has 7 nitrogen and oxygen atoms in total. The van der Waals surface area contributed by atoms with Crippen LogP contribution in [0.3, 0.4) is 0 Å². The lowest BCUT2D eigenvalue weighted by atomic mass is 10.1. The summed E-state index contributed by atoms with van der Waals surface area (Å²) in [6.45, 7) is 0.362. The van der Waals surface area contributed by atoms with E-state index in [4.69, 9.17) is 14.2 Å². The van der Waals surface area contributed by atoms with Gasteiger partial charge in [0.1, 0.15) is 11.6 Å². The Morgan fingerprint density at radius 2 is 1.97 bits per heavy atom. The molecule has 3 aromatic rings. The fourth-order valence-electron chi connectivity index (χ4n) is 3.77. The van der Waals surface area contributed by atoms with Crippen LogP contribution in [0.1, 0.15) is 23.1 Å². The molecule has 1 N–H and O–H groups in total. The van der Waals surface area contributed by atoms with Crippen LogP contribution in [0.2, 0.25) is 0 Å². The van der Waals surface area contributed by atoms with Crippen LogP contribution in [0.5, 0.6) is 17.2 Å². The van der Waals surface area contributed by atoms with Gasteiger partial charge in [-0.3, -0.25) is 4.79 Å². The quantitative estimate of drug-likeness (QED) is 0.619. The Bertz CT molecular complexity index is 1040. The highest BCUT2D eigenvalue weighted by Gasteiger charge is 2.15. The Morgan fingerprint density at radius 3 is 2.80 bits per heavy atom. The first kappa shape index (κ1) is 19.8. The van der Waals surface area contributed by atoms with Gasteiger partial charge in [0.05, 0.1) is 27.0 Å². The molecule has 4 rings (SSSR count). The Labute approximate surface area is 175 Å². The topological polar surface area (TPSA) is 74.6 Å². The minimum atomic E-state index is -0.241. The monoisotopic (exact) mass is 407 g/mol. The molecule has 7 heteroatoms. The van der Waals surface area contributed by atoms with Crippen LogP contribution >= 0.6 is 0 Å². The van der Waals surface area contributed by atoms with Gasteiger partial charge in [0.25, 0.3) is 5.91 Å². The number of nitrogens with one attached hydrogen (secondary N) is 1. The van der Waals surface area contributed by atoms with E-state index < -0.39 is 0 Å². The number of ether oxygens (including phenoxy) is 3. The molecule has 1 aliphatic rings. The van der Waals surface area contributed by atoms with Crippen LogP contribution in [-0.4, -0.2) is 36.5 Å². The van der Waals surface area contributed by atoms with Gasteiger partial charge in [-0.05, 0) is 48.6 Å². The Balaban J connectivity index is 1.39. The maximum atomic E-state index is 12.4. The Kier molecular flexibility index (Phi) is 5.88. The number of methoxy groups -OCH3 is 2. The number of benzene rings is 2. The molecular weight excluding hydrogens is 382 g/mol. The van der Waals surface area contributed by atoms with Crippen molar-refractivity contribution >= 4 is 11.7 Å². The summed E-state index contributed by atoms with van der Waals surface area (Å²) in [6.07, 6.45) is 5.02. The van der Waals surface area contributed by atoms with E-state index in [2.05, 4.69) is 16.5 Å². The van der Waals surface area contributed by atoms with Crippen LogP contribution in [0.15, 0.2) is 48.7 Å². The summed E-state index contributed by atoms with van der Waals surface area (Å²) >= 11 is 0. The molecular formula is C23H25N3O4. The van der Waals surface area contributed by atoms with Gasteiger partial charge >= 0.3 is 0 Å². The van der Waals surface area contributed by atoms with Crippen molar-refractivity contribution in [2.75, 3.05) is 26.1 Å². The highest BCUT2D eigenvalue weighted by molar-refractivity contribution is 5.91. The number of carbonyl (C=O) groups is 1. The molecule has 1 heterocycles. The lowest BCUT2D eigenvalue weighted by Gasteiger charge is -2.14. The first-order valence-corrected chi connectivity index (χ1v) is 9.94. The number of rotatable bonds is 8. The Morgan fingerprint density at radius 1 is 1.10 bits per heavy atom. The van der Waals surface area contributed by atoms with E-state index in [0.717, 1.165) is 24.2 Å². The van der Waals surface area contributed by atoms with Gasteiger partial charge in [0.2, 0.25) is 0 Å². The second kappa shape index (κ2) is 8.90. The fourth-order valence-corrected chi connectivity index (χ4v) is 3.77. The average Bonchev–Trinajstić information content (AvgIpc) is 3.41. The first-order valence-electron chi connectivity index (χ1n) is 9.94. The molecule has 0 unspecified atom stereocenters. The maximum Gasteiger partial charge on any atom is 0.263 e. The zero-order valence-corrected chi connectivity index (χ0v) is 17.2. The standard InChI is InChI=1S/C23H25N3O4/c1-28-20-8-4-7-18(23(20)29-2)14-26-21(11-12-24-26)25-22(27)15-30-19-10-9-16-5-3-6-17(16)13-19/h4,7-13H,3,5-6,14-15H2,1-2H3,(H,25,27). The number of hydrogen-bond acceptors (Lipinski definition) is 5. The van der Waals surface area contributed by atoms with E-state index in [0.29, 0.717) is 23.9 Å². The number of anilines is 1. The van der Waals surface area contributed by atoms with E-state index in [9.17, 15) is 4.79 Å². The molecule has 0 radical (unpaired) electrons. The molecule has 0 saturated heterocycles. The maximum absolute atomic E-state index is 12.4. The third kappa shape index (κ3) is 4.25. The third-order valence-electron chi connectivity index (χ3n) is 5.23. The van der Waals surface area contributed by atoms with Crippen LogP contribution < -0.4 is 19.5 Å². The fraction of sp³-hybridized carbons (Fsp3) is 0.304. The molecule has 0 fully saturated rings. The highest BCUT2D eigenvalue weighted by Crippen LogP contribution is 2.31. The number of amides is 1. The summed E-state index contributed by atoms with van der Waals surface area (Å²) in [7, 11) is 3.20. The van der Waals surface area contributed by atoms with Crippen LogP contribution in [0, 0.1) is 0 Å². The average molecular weight is 407 g/mol. The summed E-state index contributed by atoms with van der Waals surface area (Å²) < 4.78 is 18.2.